The summed E-state index contributed by atoms with van der Waals surface area (Å²) in [7, 11) is 3.57. The normalized spacial score (nSPS) is 14.2. The Balaban J connectivity index is 1.45. The smallest absolute Gasteiger partial charge is 0.294 e. The van der Waals surface area contributed by atoms with Crippen LogP contribution in [0.4, 0.5) is 22.9 Å². The Morgan fingerprint density at radius 2 is 1.89 bits per heavy atom. The molecule has 0 radical (unpaired) electrons. The minimum absolute atomic E-state index is 0.0343. The van der Waals surface area contributed by atoms with Crippen LogP contribution in [0.25, 0.3) is 22.2 Å². The van der Waals surface area contributed by atoms with Crippen LogP contribution >= 0.6 is 0 Å². The lowest BCUT2D eigenvalue weighted by molar-refractivity contribution is -0.384. The van der Waals surface area contributed by atoms with Crippen LogP contribution in [0, 0.1) is 10.1 Å². The Labute approximate surface area is 209 Å². The van der Waals surface area contributed by atoms with Gasteiger partial charge in [-0.05, 0) is 24.7 Å². The van der Waals surface area contributed by atoms with Crippen molar-refractivity contribution in [3.8, 4) is 17.0 Å². The Morgan fingerprint density at radius 1 is 1.08 bits per heavy atom. The first-order chi connectivity index (χ1) is 17.5. The number of anilines is 3. The fourth-order valence-corrected chi connectivity index (χ4v) is 4.69. The highest BCUT2D eigenvalue weighted by molar-refractivity contribution is 5.85. The van der Waals surface area contributed by atoms with Crippen molar-refractivity contribution >= 4 is 33.8 Å². The van der Waals surface area contributed by atoms with Crippen LogP contribution in [0.2, 0.25) is 0 Å². The summed E-state index contributed by atoms with van der Waals surface area (Å²) in [6.07, 6.45) is 3.50. The lowest BCUT2D eigenvalue weighted by Crippen LogP contribution is -2.46. The fourth-order valence-electron chi connectivity index (χ4n) is 4.69. The highest BCUT2D eigenvalue weighted by atomic mass is 16.6. The maximum Gasteiger partial charge on any atom is 0.294 e. The number of methoxy groups -OCH3 is 1. The van der Waals surface area contributed by atoms with Crippen molar-refractivity contribution in [1.82, 2.24) is 19.4 Å². The first kappa shape index (κ1) is 23.6. The number of hydrogen-bond donors (Lipinski definition) is 1. The largest absolute Gasteiger partial charge is 0.494 e. The SMILES string of the molecule is CCN1CCN(c2cc(OC)c(Nc3cc(-c4ccc5c(ccn5C)c4)ncn3)cc2[N+](=O)[O-])CC1. The summed E-state index contributed by atoms with van der Waals surface area (Å²) in [5, 5.41) is 16.3. The summed E-state index contributed by atoms with van der Waals surface area (Å²) in [5.74, 6) is 1.03. The third-order valence-electron chi connectivity index (χ3n) is 6.76. The molecule has 3 heterocycles. The molecule has 0 unspecified atom stereocenters. The van der Waals surface area contributed by atoms with Gasteiger partial charge in [0.25, 0.3) is 5.69 Å². The molecule has 2 aromatic carbocycles. The second kappa shape index (κ2) is 9.82. The molecule has 10 heteroatoms. The van der Waals surface area contributed by atoms with Crippen molar-refractivity contribution in [3.63, 3.8) is 0 Å². The maximum atomic E-state index is 12.0. The van der Waals surface area contributed by atoms with Gasteiger partial charge in [-0.2, -0.15) is 0 Å². The zero-order chi connectivity index (χ0) is 25.2. The average molecular weight is 488 g/mol. The summed E-state index contributed by atoms with van der Waals surface area (Å²) >= 11 is 0. The quantitative estimate of drug-likeness (QED) is 0.302. The van der Waals surface area contributed by atoms with Gasteiger partial charge >= 0.3 is 0 Å². The number of ether oxygens (including phenoxy) is 1. The van der Waals surface area contributed by atoms with E-state index in [9.17, 15) is 10.1 Å². The van der Waals surface area contributed by atoms with Gasteiger partial charge in [0.1, 0.15) is 23.6 Å². The molecule has 1 saturated heterocycles. The molecule has 10 nitrogen and oxygen atoms in total. The third-order valence-corrected chi connectivity index (χ3v) is 6.76. The maximum absolute atomic E-state index is 12.0. The van der Waals surface area contributed by atoms with E-state index in [4.69, 9.17) is 4.74 Å². The number of aryl methyl sites for hydroxylation is 1. The van der Waals surface area contributed by atoms with E-state index in [0.717, 1.165) is 54.9 Å². The van der Waals surface area contributed by atoms with Gasteiger partial charge in [0.05, 0.1) is 23.4 Å². The monoisotopic (exact) mass is 487 g/mol. The van der Waals surface area contributed by atoms with Crippen LogP contribution in [0.5, 0.6) is 5.75 Å². The number of hydrogen-bond acceptors (Lipinski definition) is 8. The summed E-state index contributed by atoms with van der Waals surface area (Å²) in [6, 6.07) is 13.3. The van der Waals surface area contributed by atoms with Gasteiger partial charge in [0, 0.05) is 74.1 Å². The lowest BCUT2D eigenvalue weighted by atomic mass is 10.1. The molecular formula is C26H29N7O3. The minimum Gasteiger partial charge on any atom is -0.494 e. The summed E-state index contributed by atoms with van der Waals surface area (Å²) in [6.45, 7) is 6.29. The molecule has 1 N–H and O–H groups in total. The zero-order valence-corrected chi connectivity index (χ0v) is 20.6. The summed E-state index contributed by atoms with van der Waals surface area (Å²) in [5.41, 5.74) is 3.92. The van der Waals surface area contributed by atoms with Gasteiger partial charge in [0.15, 0.2) is 0 Å². The van der Waals surface area contributed by atoms with Gasteiger partial charge in [-0.3, -0.25) is 10.1 Å². The van der Waals surface area contributed by atoms with Gasteiger partial charge in [-0.15, -0.1) is 0 Å². The molecule has 5 rings (SSSR count). The molecule has 1 aliphatic rings. The highest BCUT2D eigenvalue weighted by Crippen LogP contribution is 2.40. The predicted molar refractivity (Wildman–Crippen MR) is 141 cm³/mol. The summed E-state index contributed by atoms with van der Waals surface area (Å²) in [4.78, 5) is 24.8. The van der Waals surface area contributed by atoms with Crippen molar-refractivity contribution in [1.29, 1.82) is 0 Å². The van der Waals surface area contributed by atoms with Crippen LogP contribution in [0.1, 0.15) is 6.92 Å². The molecule has 0 saturated carbocycles. The van der Waals surface area contributed by atoms with E-state index in [1.807, 2.05) is 25.4 Å². The molecule has 1 aliphatic heterocycles. The van der Waals surface area contributed by atoms with E-state index in [-0.39, 0.29) is 10.6 Å². The van der Waals surface area contributed by atoms with E-state index in [0.29, 0.717) is 22.9 Å². The second-order valence-electron chi connectivity index (χ2n) is 8.83. The van der Waals surface area contributed by atoms with Gasteiger partial charge in [-0.25, -0.2) is 9.97 Å². The van der Waals surface area contributed by atoms with E-state index < -0.39 is 0 Å². The molecule has 4 aromatic rings. The van der Waals surface area contributed by atoms with Crippen LogP contribution < -0.4 is 15.0 Å². The van der Waals surface area contributed by atoms with E-state index >= 15 is 0 Å². The molecule has 0 amide bonds. The molecule has 0 aliphatic carbocycles. The minimum atomic E-state index is -0.341. The van der Waals surface area contributed by atoms with Crippen molar-refractivity contribution in [2.75, 3.05) is 50.1 Å². The predicted octanol–water partition coefficient (Wildman–Crippen LogP) is 4.44. The number of likely N-dealkylation sites (N-methyl/N-ethyl adjacent to an activating group) is 1. The number of rotatable bonds is 7. The Bertz CT molecular complexity index is 1410. The number of nitro benzene ring substituents is 1. The second-order valence-corrected chi connectivity index (χ2v) is 8.83. The van der Waals surface area contributed by atoms with Gasteiger partial charge < -0.3 is 24.4 Å². The molecule has 36 heavy (non-hydrogen) atoms. The number of fused-ring (bicyclic) bond motifs is 1. The van der Waals surface area contributed by atoms with E-state index in [2.05, 4.69) is 54.8 Å². The van der Waals surface area contributed by atoms with Crippen molar-refractivity contribution < 1.29 is 9.66 Å². The van der Waals surface area contributed by atoms with Crippen molar-refractivity contribution in [3.05, 3.63) is 65.1 Å². The number of nitrogens with zero attached hydrogens (tertiary/aromatic N) is 6. The van der Waals surface area contributed by atoms with Crippen LogP contribution in [0.3, 0.4) is 0 Å². The van der Waals surface area contributed by atoms with Gasteiger partial charge in [-0.1, -0.05) is 13.0 Å². The average Bonchev–Trinajstić information content (AvgIpc) is 3.28. The lowest BCUT2D eigenvalue weighted by Gasteiger charge is -2.35. The zero-order valence-electron chi connectivity index (χ0n) is 20.6. The van der Waals surface area contributed by atoms with Crippen molar-refractivity contribution in [2.24, 2.45) is 7.05 Å². The standard InChI is InChI=1S/C26H29N7O3/c1-4-31-9-11-32(12-10-31)23-16-25(36-3)21(14-24(23)33(34)35)29-26-15-20(27-17-28-26)18-5-6-22-19(13-18)7-8-30(22)2/h5-8,13-17H,4,9-12H2,1-3H3,(H,27,28,29). The molecule has 2 aromatic heterocycles. The van der Waals surface area contributed by atoms with Crippen LogP contribution in [-0.4, -0.2) is 64.2 Å². The Morgan fingerprint density at radius 3 is 2.61 bits per heavy atom. The molecule has 186 valence electrons. The highest BCUT2D eigenvalue weighted by Gasteiger charge is 2.26. The number of benzene rings is 2. The fraction of sp³-hybridized carbons (Fsp3) is 0.308. The Kier molecular flexibility index (Phi) is 6.43. The number of aromatic nitrogens is 3. The summed E-state index contributed by atoms with van der Waals surface area (Å²) < 4.78 is 7.69. The molecule has 0 atom stereocenters. The van der Waals surface area contributed by atoms with E-state index in [1.54, 1.807) is 13.2 Å². The molecular weight excluding hydrogens is 458 g/mol. The van der Waals surface area contributed by atoms with Crippen molar-refractivity contribution in [2.45, 2.75) is 6.92 Å². The molecule has 1 fully saturated rings. The van der Waals surface area contributed by atoms with E-state index in [1.165, 1.54) is 12.4 Å². The molecule has 0 bridgehead atoms. The number of nitro groups is 1. The molecule has 0 spiro atoms. The third kappa shape index (κ3) is 4.55. The Hall–Kier alpha value is -4.18. The van der Waals surface area contributed by atoms with Gasteiger partial charge in [0.2, 0.25) is 0 Å². The number of nitrogens with one attached hydrogen (secondary N) is 1. The van der Waals surface area contributed by atoms with Crippen LogP contribution in [0.15, 0.2) is 55.0 Å². The first-order valence-corrected chi connectivity index (χ1v) is 11.9. The number of piperazine rings is 1. The first-order valence-electron chi connectivity index (χ1n) is 11.9. The van der Waals surface area contributed by atoms with Crippen LogP contribution in [-0.2, 0) is 7.05 Å². The topological polar surface area (TPSA) is 102 Å².